The second-order valence-electron chi connectivity index (χ2n) is 7.94. The van der Waals surface area contributed by atoms with Crippen molar-refractivity contribution in [1.29, 1.82) is 0 Å². The summed E-state index contributed by atoms with van der Waals surface area (Å²) in [5.41, 5.74) is 3.26. The van der Waals surface area contributed by atoms with Crippen molar-refractivity contribution in [3.8, 4) is 5.75 Å². The van der Waals surface area contributed by atoms with Gasteiger partial charge in [-0.05, 0) is 61.8 Å². The zero-order valence-corrected chi connectivity index (χ0v) is 21.9. The van der Waals surface area contributed by atoms with Gasteiger partial charge >= 0.3 is 6.61 Å². The van der Waals surface area contributed by atoms with Crippen LogP contribution in [0.3, 0.4) is 0 Å². The van der Waals surface area contributed by atoms with Crippen molar-refractivity contribution in [2.24, 2.45) is 0 Å². The standard InChI is InChI=1S/C29H35F2NO2S/c1-6-9-15-24(25-18-13-14-19-26(25)34-29(30)31)20-21(4)22(5)35-27(23-16-11-10-12-17-23)28(33)32(7-2)8-3/h9-20,27,29H,6-8H2,1-5H3/b15-9+,22-21+,24-20+. The topological polar surface area (TPSA) is 29.5 Å². The Hall–Kier alpha value is -2.86. The molecule has 0 aromatic heterocycles. The molecule has 0 radical (unpaired) electrons. The van der Waals surface area contributed by atoms with Crippen molar-refractivity contribution in [3.63, 3.8) is 0 Å². The molecule has 0 saturated carbocycles. The SMILES string of the molecule is CC/C=C/C(=C\C(C)=C(/C)SC(C(=O)N(CC)CC)c1ccccc1)c1ccccc1OC(F)F. The number of allylic oxidation sites excluding steroid dienone is 6. The third kappa shape index (κ3) is 8.39. The Labute approximate surface area is 212 Å². The minimum Gasteiger partial charge on any atom is -0.434 e. The zero-order chi connectivity index (χ0) is 25.8. The largest absolute Gasteiger partial charge is 0.434 e. The predicted molar refractivity (Wildman–Crippen MR) is 144 cm³/mol. The maximum Gasteiger partial charge on any atom is 0.387 e. The van der Waals surface area contributed by atoms with E-state index in [4.69, 9.17) is 4.74 Å². The average molecular weight is 500 g/mol. The smallest absolute Gasteiger partial charge is 0.387 e. The second kappa shape index (κ2) is 14.5. The number of hydrogen-bond acceptors (Lipinski definition) is 3. The lowest BCUT2D eigenvalue weighted by Gasteiger charge is -2.25. The summed E-state index contributed by atoms with van der Waals surface area (Å²) in [5, 5.41) is -0.372. The molecule has 0 heterocycles. The summed E-state index contributed by atoms with van der Waals surface area (Å²) in [6, 6.07) is 16.6. The van der Waals surface area contributed by atoms with Crippen LogP contribution in [0, 0.1) is 0 Å². The van der Waals surface area contributed by atoms with Crippen molar-refractivity contribution in [1.82, 2.24) is 4.90 Å². The summed E-state index contributed by atoms with van der Waals surface area (Å²) in [6.07, 6.45) is 6.68. The van der Waals surface area contributed by atoms with Gasteiger partial charge in [0, 0.05) is 18.7 Å². The van der Waals surface area contributed by atoms with E-state index in [0.717, 1.165) is 28.0 Å². The molecule has 2 rings (SSSR count). The molecule has 2 aromatic rings. The van der Waals surface area contributed by atoms with E-state index < -0.39 is 6.61 Å². The van der Waals surface area contributed by atoms with Gasteiger partial charge in [0.05, 0.1) is 0 Å². The summed E-state index contributed by atoms with van der Waals surface area (Å²) in [7, 11) is 0. The molecule has 1 unspecified atom stereocenters. The normalized spacial score (nSPS) is 13.7. The fourth-order valence-corrected chi connectivity index (χ4v) is 4.70. The molecule has 0 aliphatic carbocycles. The number of amides is 1. The van der Waals surface area contributed by atoms with E-state index in [1.807, 2.05) is 88.1 Å². The van der Waals surface area contributed by atoms with E-state index >= 15 is 0 Å². The maximum absolute atomic E-state index is 13.4. The molecule has 3 nitrogen and oxygen atoms in total. The van der Waals surface area contributed by atoms with Crippen molar-refractivity contribution >= 4 is 23.2 Å². The van der Waals surface area contributed by atoms with E-state index in [-0.39, 0.29) is 16.9 Å². The molecule has 0 spiro atoms. The number of benzene rings is 2. The highest BCUT2D eigenvalue weighted by Crippen LogP contribution is 2.38. The van der Waals surface area contributed by atoms with Gasteiger partial charge in [-0.3, -0.25) is 4.79 Å². The molecule has 0 saturated heterocycles. The summed E-state index contributed by atoms with van der Waals surface area (Å²) in [6.45, 7) is 8.34. The number of hydrogen-bond donors (Lipinski definition) is 0. The molecule has 6 heteroatoms. The summed E-state index contributed by atoms with van der Waals surface area (Å²) >= 11 is 1.52. The summed E-state index contributed by atoms with van der Waals surface area (Å²) in [5.74, 6) is 0.204. The summed E-state index contributed by atoms with van der Waals surface area (Å²) < 4.78 is 30.8. The Morgan fingerprint density at radius 1 is 1.00 bits per heavy atom. The monoisotopic (exact) mass is 499 g/mol. The fraction of sp³-hybridized carbons (Fsp3) is 0.345. The van der Waals surface area contributed by atoms with Crippen LogP contribution in [-0.2, 0) is 4.79 Å². The molecule has 0 aliphatic heterocycles. The Balaban J connectivity index is 2.50. The Kier molecular flexibility index (Phi) is 11.8. The maximum atomic E-state index is 13.4. The third-order valence-electron chi connectivity index (χ3n) is 5.57. The van der Waals surface area contributed by atoms with E-state index in [1.54, 1.807) is 24.3 Å². The van der Waals surface area contributed by atoms with Crippen LogP contribution in [0.2, 0.25) is 0 Å². The molecule has 35 heavy (non-hydrogen) atoms. The Morgan fingerprint density at radius 2 is 1.63 bits per heavy atom. The van der Waals surface area contributed by atoms with Gasteiger partial charge in [-0.25, -0.2) is 0 Å². The molecule has 1 amide bonds. The second-order valence-corrected chi connectivity index (χ2v) is 9.26. The van der Waals surface area contributed by atoms with E-state index in [9.17, 15) is 13.6 Å². The van der Waals surface area contributed by atoms with Gasteiger partial charge in [0.2, 0.25) is 5.91 Å². The van der Waals surface area contributed by atoms with Crippen molar-refractivity contribution < 1.29 is 18.3 Å². The lowest BCUT2D eigenvalue weighted by Crippen LogP contribution is -2.33. The van der Waals surface area contributed by atoms with Crippen LogP contribution in [0.25, 0.3) is 5.57 Å². The number of halogens is 2. The first-order valence-corrected chi connectivity index (χ1v) is 12.8. The molecule has 1 atom stereocenters. The fourth-order valence-electron chi connectivity index (χ4n) is 3.56. The first-order chi connectivity index (χ1) is 16.8. The molecular weight excluding hydrogens is 464 g/mol. The van der Waals surface area contributed by atoms with Crippen molar-refractivity contribution in [2.75, 3.05) is 13.1 Å². The molecule has 0 bridgehead atoms. The highest BCUT2D eigenvalue weighted by molar-refractivity contribution is 8.03. The van der Waals surface area contributed by atoms with Gasteiger partial charge in [0.1, 0.15) is 11.0 Å². The van der Waals surface area contributed by atoms with E-state index in [2.05, 4.69) is 0 Å². The number of carbonyl (C=O) groups is 1. The van der Waals surface area contributed by atoms with E-state index in [1.165, 1.54) is 11.8 Å². The van der Waals surface area contributed by atoms with Crippen LogP contribution >= 0.6 is 11.8 Å². The number of nitrogens with zero attached hydrogens (tertiary/aromatic N) is 1. The van der Waals surface area contributed by atoms with Crippen LogP contribution < -0.4 is 4.74 Å². The van der Waals surface area contributed by atoms with Gasteiger partial charge < -0.3 is 9.64 Å². The van der Waals surface area contributed by atoms with Gasteiger partial charge in [-0.2, -0.15) is 8.78 Å². The lowest BCUT2D eigenvalue weighted by atomic mass is 10.0. The number of carbonyl (C=O) groups excluding carboxylic acids is 1. The van der Waals surface area contributed by atoms with Gasteiger partial charge in [-0.15, -0.1) is 11.8 Å². The molecule has 2 aromatic carbocycles. The number of para-hydroxylation sites is 1. The van der Waals surface area contributed by atoms with Crippen LogP contribution in [-0.4, -0.2) is 30.5 Å². The highest BCUT2D eigenvalue weighted by atomic mass is 32.2. The van der Waals surface area contributed by atoms with Gasteiger partial charge in [0.15, 0.2) is 0 Å². The summed E-state index contributed by atoms with van der Waals surface area (Å²) in [4.78, 5) is 16.2. The van der Waals surface area contributed by atoms with Gasteiger partial charge in [-0.1, -0.05) is 73.7 Å². The number of thioether (sulfide) groups is 1. The number of alkyl halides is 2. The quantitative estimate of drug-likeness (QED) is 0.275. The Bertz CT molecular complexity index is 1040. The van der Waals surface area contributed by atoms with Crippen LogP contribution in [0.15, 0.2) is 83.3 Å². The molecule has 0 fully saturated rings. The van der Waals surface area contributed by atoms with Crippen LogP contribution in [0.1, 0.15) is 57.4 Å². The zero-order valence-electron chi connectivity index (χ0n) is 21.1. The van der Waals surface area contributed by atoms with Crippen molar-refractivity contribution in [3.05, 3.63) is 94.4 Å². The predicted octanol–water partition coefficient (Wildman–Crippen LogP) is 8.27. The number of likely N-dealkylation sites (N-methyl/N-ethyl adjacent to an activating group) is 1. The van der Waals surface area contributed by atoms with E-state index in [0.29, 0.717) is 18.7 Å². The molecule has 0 N–H and O–H groups in total. The first-order valence-electron chi connectivity index (χ1n) is 11.9. The third-order valence-corrected chi connectivity index (χ3v) is 6.96. The minimum absolute atomic E-state index is 0.0733. The average Bonchev–Trinajstić information content (AvgIpc) is 2.86. The Morgan fingerprint density at radius 3 is 2.23 bits per heavy atom. The minimum atomic E-state index is -2.90. The van der Waals surface area contributed by atoms with Crippen LogP contribution in [0.4, 0.5) is 8.78 Å². The van der Waals surface area contributed by atoms with Gasteiger partial charge in [0.25, 0.3) is 0 Å². The molecule has 188 valence electrons. The first kappa shape index (κ1) is 28.4. The lowest BCUT2D eigenvalue weighted by molar-refractivity contribution is -0.130. The molecule has 0 aliphatic rings. The van der Waals surface area contributed by atoms with Crippen LogP contribution in [0.5, 0.6) is 5.75 Å². The number of ether oxygens (including phenoxy) is 1. The number of rotatable bonds is 12. The van der Waals surface area contributed by atoms with Crippen molar-refractivity contribution in [2.45, 2.75) is 52.9 Å². The molecular formula is C29H35F2NO2S. The highest BCUT2D eigenvalue weighted by Gasteiger charge is 2.26.